The first-order chi connectivity index (χ1) is 10.4. The Kier molecular flexibility index (Phi) is 5.44. The molecule has 2 unspecified atom stereocenters. The molecular formula is C17H28N4. The second-order valence-electron chi connectivity index (χ2n) is 6.54. The van der Waals surface area contributed by atoms with Crippen LogP contribution in [0, 0.1) is 0 Å². The summed E-state index contributed by atoms with van der Waals surface area (Å²) < 4.78 is 0. The molecule has 2 atom stereocenters. The van der Waals surface area contributed by atoms with Crippen LogP contribution in [-0.4, -0.2) is 24.7 Å². The van der Waals surface area contributed by atoms with Crippen molar-refractivity contribution >= 4 is 0 Å². The van der Waals surface area contributed by atoms with E-state index in [2.05, 4.69) is 26.9 Å². The molecule has 4 nitrogen and oxygen atoms in total. The van der Waals surface area contributed by atoms with Gasteiger partial charge >= 0.3 is 0 Å². The maximum absolute atomic E-state index is 4.65. The largest absolute Gasteiger partial charge is 0.365 e. The van der Waals surface area contributed by atoms with Gasteiger partial charge in [0.05, 0.1) is 6.04 Å². The minimum atomic E-state index is 0.356. The fourth-order valence-corrected chi connectivity index (χ4v) is 3.67. The molecule has 1 aliphatic heterocycles. The molecule has 0 aromatic heterocycles. The average Bonchev–Trinajstić information content (AvgIpc) is 2.56. The summed E-state index contributed by atoms with van der Waals surface area (Å²) in [5, 5.41) is 16.2. The van der Waals surface area contributed by atoms with Crippen LogP contribution >= 0.6 is 0 Å². The van der Waals surface area contributed by atoms with Crippen molar-refractivity contribution in [3.05, 3.63) is 24.0 Å². The highest BCUT2D eigenvalue weighted by Crippen LogP contribution is 2.25. The van der Waals surface area contributed by atoms with E-state index in [1.165, 1.54) is 57.8 Å². The summed E-state index contributed by atoms with van der Waals surface area (Å²) in [6, 6.07) is 1.61. The van der Waals surface area contributed by atoms with Gasteiger partial charge in [-0.15, -0.1) is 5.11 Å². The second-order valence-corrected chi connectivity index (χ2v) is 6.54. The van der Waals surface area contributed by atoms with Crippen molar-refractivity contribution in [3.8, 4) is 0 Å². The Morgan fingerprint density at radius 2 is 1.81 bits per heavy atom. The lowest BCUT2D eigenvalue weighted by atomic mass is 9.88. The number of allylic oxidation sites excluding steroid dienone is 2. The number of azo groups is 1. The van der Waals surface area contributed by atoms with Gasteiger partial charge in [0.15, 0.2) is 0 Å². The molecule has 2 saturated carbocycles. The molecule has 1 heterocycles. The van der Waals surface area contributed by atoms with Gasteiger partial charge in [-0.25, -0.2) is 0 Å². The lowest BCUT2D eigenvalue weighted by molar-refractivity contribution is 0.263. The summed E-state index contributed by atoms with van der Waals surface area (Å²) in [6.45, 7) is 0.860. The lowest BCUT2D eigenvalue weighted by Gasteiger charge is -2.34. The smallest absolute Gasteiger partial charge is 0.148 e. The number of nitrogens with one attached hydrogen (secondary N) is 2. The molecule has 0 bridgehead atoms. The second kappa shape index (κ2) is 7.74. The first-order valence-electron chi connectivity index (χ1n) is 8.69. The third kappa shape index (κ3) is 4.40. The normalized spacial score (nSPS) is 31.1. The van der Waals surface area contributed by atoms with Crippen LogP contribution in [0.4, 0.5) is 0 Å². The predicted octanol–water partition coefficient (Wildman–Crippen LogP) is 3.67. The molecule has 0 aromatic rings. The maximum atomic E-state index is 4.65. The minimum Gasteiger partial charge on any atom is -0.365 e. The van der Waals surface area contributed by atoms with Crippen LogP contribution in [0.3, 0.4) is 0 Å². The van der Waals surface area contributed by atoms with Crippen molar-refractivity contribution in [2.45, 2.75) is 75.9 Å². The van der Waals surface area contributed by atoms with Gasteiger partial charge in [-0.1, -0.05) is 44.3 Å². The molecule has 0 saturated heterocycles. The van der Waals surface area contributed by atoms with Crippen LogP contribution in [0.1, 0.15) is 57.8 Å². The van der Waals surface area contributed by atoms with E-state index < -0.39 is 0 Å². The van der Waals surface area contributed by atoms with E-state index in [0.29, 0.717) is 12.1 Å². The van der Waals surface area contributed by atoms with Crippen molar-refractivity contribution in [3.63, 3.8) is 0 Å². The van der Waals surface area contributed by atoms with Gasteiger partial charge in [0.2, 0.25) is 0 Å². The van der Waals surface area contributed by atoms with Gasteiger partial charge in [-0.05, 0) is 31.8 Å². The lowest BCUT2D eigenvalue weighted by Crippen LogP contribution is -2.47. The fourth-order valence-electron chi connectivity index (χ4n) is 3.67. The summed E-state index contributed by atoms with van der Waals surface area (Å²) in [6.07, 6.45) is 18.1. The Labute approximate surface area is 128 Å². The van der Waals surface area contributed by atoms with Gasteiger partial charge < -0.3 is 10.6 Å². The average molecular weight is 288 g/mol. The fraction of sp³-hybridized carbons (Fsp3) is 0.765. The Morgan fingerprint density at radius 1 is 1.00 bits per heavy atom. The third-order valence-electron chi connectivity index (χ3n) is 4.89. The van der Waals surface area contributed by atoms with Crippen molar-refractivity contribution in [1.82, 2.24) is 10.6 Å². The van der Waals surface area contributed by atoms with Crippen molar-refractivity contribution in [2.75, 3.05) is 6.54 Å². The van der Waals surface area contributed by atoms with Crippen LogP contribution < -0.4 is 10.6 Å². The topological polar surface area (TPSA) is 48.8 Å². The quantitative estimate of drug-likeness (QED) is 0.775. The molecule has 3 aliphatic rings. The Morgan fingerprint density at radius 3 is 2.62 bits per heavy atom. The van der Waals surface area contributed by atoms with E-state index in [1.54, 1.807) is 0 Å². The first-order valence-corrected chi connectivity index (χ1v) is 8.69. The molecule has 2 aliphatic carbocycles. The molecule has 2 fully saturated rings. The molecule has 21 heavy (non-hydrogen) atoms. The van der Waals surface area contributed by atoms with Crippen molar-refractivity contribution < 1.29 is 0 Å². The highest BCUT2D eigenvalue weighted by molar-refractivity contribution is 5.15. The molecule has 2 N–H and O–H groups in total. The molecule has 0 spiro atoms. The minimum absolute atomic E-state index is 0.356. The maximum Gasteiger partial charge on any atom is 0.148 e. The van der Waals surface area contributed by atoms with Gasteiger partial charge in [0, 0.05) is 18.6 Å². The van der Waals surface area contributed by atoms with Gasteiger partial charge in [-0.2, -0.15) is 5.11 Å². The summed E-state index contributed by atoms with van der Waals surface area (Å²) >= 11 is 0. The zero-order valence-corrected chi connectivity index (χ0v) is 12.9. The van der Waals surface area contributed by atoms with E-state index in [9.17, 15) is 0 Å². The Hall–Kier alpha value is -1.16. The van der Waals surface area contributed by atoms with Gasteiger partial charge in [-0.3, -0.25) is 0 Å². The van der Waals surface area contributed by atoms with Crippen molar-refractivity contribution in [2.24, 2.45) is 10.2 Å². The van der Waals surface area contributed by atoms with E-state index in [-0.39, 0.29) is 0 Å². The number of nitrogens with zero attached hydrogens (tertiary/aromatic N) is 2. The molecule has 0 radical (unpaired) electrons. The highest BCUT2D eigenvalue weighted by Gasteiger charge is 2.27. The van der Waals surface area contributed by atoms with E-state index in [0.717, 1.165) is 18.4 Å². The molecular weight excluding hydrogens is 260 g/mol. The molecule has 3 rings (SSSR count). The number of hydrogen-bond acceptors (Lipinski definition) is 4. The van der Waals surface area contributed by atoms with Gasteiger partial charge in [0.25, 0.3) is 0 Å². The molecule has 0 amide bonds. The van der Waals surface area contributed by atoms with E-state index >= 15 is 0 Å². The van der Waals surface area contributed by atoms with Crippen molar-refractivity contribution in [1.29, 1.82) is 0 Å². The SMILES string of the molecule is C1=CCNC(N=NC2CCCCC2NC2CCCCC2)=C1. The Bertz CT molecular complexity index is 407. The standard InChI is InChI=1S/C17H28N4/c1-2-8-14(9-3-1)19-15-10-4-5-11-16(15)20-21-17-12-6-7-13-18-17/h6-7,12,14-16,18-19H,1-5,8-11,13H2. The van der Waals surface area contributed by atoms with Crippen LogP contribution in [-0.2, 0) is 0 Å². The summed E-state index contributed by atoms with van der Waals surface area (Å²) in [5.41, 5.74) is 0. The van der Waals surface area contributed by atoms with Crippen LogP contribution in [0.25, 0.3) is 0 Å². The zero-order chi connectivity index (χ0) is 14.3. The molecule has 4 heteroatoms. The molecule has 116 valence electrons. The number of rotatable bonds is 4. The summed E-state index contributed by atoms with van der Waals surface area (Å²) in [7, 11) is 0. The third-order valence-corrected chi connectivity index (χ3v) is 4.89. The number of dihydropyridines is 1. The van der Waals surface area contributed by atoms with Gasteiger partial charge in [0.1, 0.15) is 5.82 Å². The first kappa shape index (κ1) is 14.8. The van der Waals surface area contributed by atoms with E-state index in [4.69, 9.17) is 0 Å². The monoisotopic (exact) mass is 288 g/mol. The molecule has 0 aromatic carbocycles. The van der Waals surface area contributed by atoms with Crippen LogP contribution in [0.5, 0.6) is 0 Å². The summed E-state index contributed by atoms with van der Waals surface area (Å²) in [4.78, 5) is 0. The highest BCUT2D eigenvalue weighted by atomic mass is 15.2. The number of hydrogen-bond donors (Lipinski definition) is 2. The Balaban J connectivity index is 1.56. The van der Waals surface area contributed by atoms with Crippen LogP contribution in [0.15, 0.2) is 34.3 Å². The van der Waals surface area contributed by atoms with Crippen LogP contribution in [0.2, 0.25) is 0 Å². The summed E-state index contributed by atoms with van der Waals surface area (Å²) in [5.74, 6) is 0.902. The van der Waals surface area contributed by atoms with E-state index in [1.807, 2.05) is 12.2 Å². The predicted molar refractivity (Wildman–Crippen MR) is 86.1 cm³/mol. The zero-order valence-electron chi connectivity index (χ0n) is 12.9.